The molecule has 3 N–H and O–H groups in total. The fourth-order valence-corrected chi connectivity index (χ4v) is 1.99. The highest BCUT2D eigenvalue weighted by Crippen LogP contribution is 2.20. The second kappa shape index (κ2) is 7.60. The van der Waals surface area contributed by atoms with Crippen molar-refractivity contribution >= 4 is 0 Å². The first-order chi connectivity index (χ1) is 8.98. The van der Waals surface area contributed by atoms with Crippen molar-refractivity contribution in [2.24, 2.45) is 5.73 Å². The van der Waals surface area contributed by atoms with Gasteiger partial charge < -0.3 is 20.5 Å². The maximum atomic E-state index is 10.7. The molecule has 0 amide bonds. The molecule has 0 aliphatic heterocycles. The van der Waals surface area contributed by atoms with Gasteiger partial charge in [0, 0.05) is 19.6 Å². The Morgan fingerprint density at radius 2 is 1.95 bits per heavy atom. The van der Waals surface area contributed by atoms with Crippen molar-refractivity contribution in [2.75, 3.05) is 33.3 Å². The fraction of sp³-hybridized carbons (Fsp3) is 0.600. The van der Waals surface area contributed by atoms with E-state index >= 15 is 0 Å². The molecule has 0 aliphatic carbocycles. The Hall–Kier alpha value is -0.940. The Labute approximate surface area is 116 Å². The van der Waals surface area contributed by atoms with Gasteiger partial charge in [-0.15, -0.1) is 0 Å². The number of aliphatic hydroxyl groups is 1. The van der Waals surface area contributed by atoms with Gasteiger partial charge in [0.25, 0.3) is 0 Å². The molecule has 4 heteroatoms. The minimum atomic E-state index is -1.01. The van der Waals surface area contributed by atoms with Gasteiger partial charge in [-0.2, -0.15) is 0 Å². The van der Waals surface area contributed by atoms with Crippen molar-refractivity contribution in [2.45, 2.75) is 25.6 Å². The number of nitrogens with two attached hydrogens (primary N) is 1. The Balaban J connectivity index is 2.56. The van der Waals surface area contributed by atoms with Gasteiger partial charge in [0.15, 0.2) is 0 Å². The van der Waals surface area contributed by atoms with Gasteiger partial charge in [-0.1, -0.05) is 30.3 Å². The molecule has 1 aromatic rings. The quantitative estimate of drug-likeness (QED) is 0.742. The van der Waals surface area contributed by atoms with E-state index in [-0.39, 0.29) is 12.6 Å². The molecule has 0 saturated heterocycles. The highest BCUT2D eigenvalue weighted by Gasteiger charge is 2.28. The summed E-state index contributed by atoms with van der Waals surface area (Å²) in [4.78, 5) is 2.04. The standard InChI is InChI=1S/C15H26N2O2/c1-13(2)19-10-9-17(3)12-15(18,11-16)14-7-5-4-6-8-14/h4-8,13,18H,9-12,16H2,1-3H3. The van der Waals surface area contributed by atoms with E-state index in [1.54, 1.807) is 0 Å². The Bertz CT molecular complexity index is 356. The predicted octanol–water partition coefficient (Wildman–Crippen LogP) is 1.19. The normalized spacial score (nSPS) is 14.9. The van der Waals surface area contributed by atoms with Crippen molar-refractivity contribution in [1.82, 2.24) is 4.90 Å². The summed E-state index contributed by atoms with van der Waals surface area (Å²) in [5.74, 6) is 0. The molecule has 0 aromatic heterocycles. The first-order valence-corrected chi connectivity index (χ1v) is 6.76. The molecule has 0 fully saturated rings. The molecule has 108 valence electrons. The molecular weight excluding hydrogens is 240 g/mol. The average Bonchev–Trinajstić information content (AvgIpc) is 2.39. The van der Waals surface area contributed by atoms with E-state index < -0.39 is 5.60 Å². The summed E-state index contributed by atoms with van der Waals surface area (Å²) < 4.78 is 5.51. The number of benzene rings is 1. The van der Waals surface area contributed by atoms with Crippen molar-refractivity contribution in [1.29, 1.82) is 0 Å². The lowest BCUT2D eigenvalue weighted by Gasteiger charge is -2.32. The SMILES string of the molecule is CC(C)OCCN(C)CC(O)(CN)c1ccccc1. The third kappa shape index (κ3) is 5.28. The first-order valence-electron chi connectivity index (χ1n) is 6.76. The van der Waals surface area contributed by atoms with E-state index in [1.165, 1.54) is 0 Å². The molecule has 0 saturated carbocycles. The smallest absolute Gasteiger partial charge is 0.114 e. The molecule has 1 unspecified atom stereocenters. The number of hydrogen-bond donors (Lipinski definition) is 2. The molecule has 1 aromatic carbocycles. The van der Waals surface area contributed by atoms with E-state index in [4.69, 9.17) is 10.5 Å². The zero-order chi connectivity index (χ0) is 14.3. The van der Waals surface area contributed by atoms with E-state index in [9.17, 15) is 5.11 Å². The van der Waals surface area contributed by atoms with Gasteiger partial charge in [-0.25, -0.2) is 0 Å². The zero-order valence-electron chi connectivity index (χ0n) is 12.2. The zero-order valence-corrected chi connectivity index (χ0v) is 12.2. The lowest BCUT2D eigenvalue weighted by molar-refractivity contribution is 0.000630. The summed E-state index contributed by atoms with van der Waals surface area (Å²) in [5.41, 5.74) is 5.61. The summed E-state index contributed by atoms with van der Waals surface area (Å²) in [6.07, 6.45) is 0.232. The highest BCUT2D eigenvalue weighted by atomic mass is 16.5. The number of ether oxygens (including phenoxy) is 1. The van der Waals surface area contributed by atoms with Crippen LogP contribution >= 0.6 is 0 Å². The molecule has 4 nitrogen and oxygen atoms in total. The van der Waals surface area contributed by atoms with Gasteiger partial charge >= 0.3 is 0 Å². The van der Waals surface area contributed by atoms with Crippen LogP contribution in [0.2, 0.25) is 0 Å². The lowest BCUT2D eigenvalue weighted by atomic mass is 9.93. The third-order valence-corrected chi connectivity index (χ3v) is 3.10. The van der Waals surface area contributed by atoms with E-state index in [0.29, 0.717) is 13.2 Å². The molecule has 1 rings (SSSR count). The van der Waals surface area contributed by atoms with Crippen LogP contribution in [-0.4, -0.2) is 49.4 Å². The van der Waals surface area contributed by atoms with Crippen LogP contribution in [-0.2, 0) is 10.3 Å². The van der Waals surface area contributed by atoms with E-state index in [0.717, 1.165) is 12.1 Å². The Morgan fingerprint density at radius 1 is 1.32 bits per heavy atom. The molecule has 1 atom stereocenters. The van der Waals surface area contributed by atoms with Crippen LogP contribution in [0.4, 0.5) is 0 Å². The van der Waals surface area contributed by atoms with Crippen LogP contribution in [0.1, 0.15) is 19.4 Å². The number of rotatable bonds is 8. The summed E-state index contributed by atoms with van der Waals surface area (Å²) in [6, 6.07) is 9.58. The second-order valence-electron chi connectivity index (χ2n) is 5.26. The number of nitrogens with zero attached hydrogens (tertiary/aromatic N) is 1. The summed E-state index contributed by atoms with van der Waals surface area (Å²) >= 11 is 0. The van der Waals surface area contributed by atoms with Crippen molar-refractivity contribution in [3.05, 3.63) is 35.9 Å². The lowest BCUT2D eigenvalue weighted by Crippen LogP contribution is -2.45. The van der Waals surface area contributed by atoms with Crippen LogP contribution in [0.25, 0.3) is 0 Å². The molecule has 0 radical (unpaired) electrons. The molecule has 0 spiro atoms. The minimum absolute atomic E-state index is 0.201. The average molecular weight is 266 g/mol. The summed E-state index contributed by atoms with van der Waals surface area (Å²) in [5, 5.41) is 10.7. The number of hydrogen-bond acceptors (Lipinski definition) is 4. The molecule has 19 heavy (non-hydrogen) atoms. The van der Waals surface area contributed by atoms with Gasteiger partial charge in [-0.05, 0) is 26.5 Å². The Morgan fingerprint density at radius 3 is 2.47 bits per heavy atom. The van der Waals surface area contributed by atoms with Crippen LogP contribution < -0.4 is 5.73 Å². The Kier molecular flexibility index (Phi) is 6.45. The van der Waals surface area contributed by atoms with Gasteiger partial charge in [-0.3, -0.25) is 0 Å². The summed E-state index contributed by atoms with van der Waals surface area (Å²) in [6.45, 7) is 6.15. The van der Waals surface area contributed by atoms with E-state index in [1.807, 2.05) is 56.1 Å². The van der Waals surface area contributed by atoms with Crippen molar-refractivity contribution in [3.63, 3.8) is 0 Å². The van der Waals surface area contributed by atoms with Gasteiger partial charge in [0.1, 0.15) is 5.60 Å². The maximum absolute atomic E-state index is 10.7. The molecular formula is C15H26N2O2. The van der Waals surface area contributed by atoms with Crippen LogP contribution in [0, 0.1) is 0 Å². The molecule has 0 bridgehead atoms. The minimum Gasteiger partial charge on any atom is -0.382 e. The maximum Gasteiger partial charge on any atom is 0.114 e. The largest absolute Gasteiger partial charge is 0.382 e. The van der Waals surface area contributed by atoms with Crippen molar-refractivity contribution in [3.8, 4) is 0 Å². The fourth-order valence-electron chi connectivity index (χ4n) is 1.99. The van der Waals surface area contributed by atoms with E-state index in [2.05, 4.69) is 0 Å². The number of likely N-dealkylation sites (N-methyl/N-ethyl adjacent to an activating group) is 1. The molecule has 0 heterocycles. The monoisotopic (exact) mass is 266 g/mol. The van der Waals surface area contributed by atoms with Gasteiger partial charge in [0.05, 0.1) is 12.7 Å². The van der Waals surface area contributed by atoms with Crippen LogP contribution in [0.15, 0.2) is 30.3 Å². The second-order valence-corrected chi connectivity index (χ2v) is 5.26. The highest BCUT2D eigenvalue weighted by molar-refractivity contribution is 5.23. The predicted molar refractivity (Wildman–Crippen MR) is 78.0 cm³/mol. The van der Waals surface area contributed by atoms with Crippen molar-refractivity contribution < 1.29 is 9.84 Å². The van der Waals surface area contributed by atoms with Crippen LogP contribution in [0.3, 0.4) is 0 Å². The third-order valence-electron chi connectivity index (χ3n) is 3.10. The summed E-state index contributed by atoms with van der Waals surface area (Å²) in [7, 11) is 1.97. The topological polar surface area (TPSA) is 58.7 Å². The van der Waals surface area contributed by atoms with Gasteiger partial charge in [0.2, 0.25) is 0 Å². The molecule has 0 aliphatic rings. The first kappa shape index (κ1) is 16.1. The van der Waals surface area contributed by atoms with Crippen LogP contribution in [0.5, 0.6) is 0 Å².